The molecule has 2 fully saturated rings. The Hall–Kier alpha value is -1.56. The number of hydrogen-bond acceptors (Lipinski definition) is 4. The van der Waals surface area contributed by atoms with E-state index in [2.05, 4.69) is 5.32 Å². The minimum atomic E-state index is -1.08. The van der Waals surface area contributed by atoms with E-state index in [0.29, 0.717) is 25.9 Å². The molecule has 0 radical (unpaired) electrons. The number of nitrogens with zero attached hydrogens (tertiary/aromatic N) is 1. The number of likely N-dealkylation sites (tertiary alicyclic amines) is 1. The third-order valence-electron chi connectivity index (χ3n) is 4.13. The molecular formula is C13H21N3O3. The van der Waals surface area contributed by atoms with Gasteiger partial charge in [-0.3, -0.25) is 9.59 Å². The van der Waals surface area contributed by atoms with Gasteiger partial charge in [0.2, 0.25) is 11.8 Å². The van der Waals surface area contributed by atoms with Crippen LogP contribution in [0.3, 0.4) is 0 Å². The maximum Gasteiger partial charge on any atom is 0.248 e. The number of rotatable bonds is 2. The van der Waals surface area contributed by atoms with Gasteiger partial charge >= 0.3 is 0 Å². The first-order chi connectivity index (χ1) is 9.03. The van der Waals surface area contributed by atoms with Gasteiger partial charge in [-0.25, -0.2) is 0 Å². The van der Waals surface area contributed by atoms with Crippen LogP contribution in [0.15, 0.2) is 11.8 Å². The first-order valence-corrected chi connectivity index (χ1v) is 6.73. The van der Waals surface area contributed by atoms with Gasteiger partial charge in [0.25, 0.3) is 0 Å². The summed E-state index contributed by atoms with van der Waals surface area (Å²) in [5.74, 6) is -0.607. The summed E-state index contributed by atoms with van der Waals surface area (Å²) < 4.78 is 0. The fraction of sp³-hybridized carbons (Fsp3) is 0.692. The molecule has 2 amide bonds. The van der Waals surface area contributed by atoms with Crippen molar-refractivity contribution in [2.45, 2.75) is 44.2 Å². The number of nitrogens with one attached hydrogen (secondary N) is 1. The van der Waals surface area contributed by atoms with Crippen molar-refractivity contribution in [2.24, 2.45) is 5.73 Å². The van der Waals surface area contributed by atoms with Crippen LogP contribution in [0.4, 0.5) is 0 Å². The zero-order valence-corrected chi connectivity index (χ0v) is 11.2. The Morgan fingerprint density at radius 2 is 2.26 bits per heavy atom. The zero-order chi connectivity index (χ0) is 14.0. The van der Waals surface area contributed by atoms with Crippen LogP contribution in [-0.2, 0) is 9.59 Å². The highest BCUT2D eigenvalue weighted by molar-refractivity contribution is 5.95. The number of hydrogen-bond donors (Lipinski definition) is 3. The van der Waals surface area contributed by atoms with Crippen molar-refractivity contribution in [2.75, 3.05) is 13.1 Å². The monoisotopic (exact) mass is 267 g/mol. The van der Waals surface area contributed by atoms with Crippen molar-refractivity contribution >= 4 is 11.8 Å². The minimum absolute atomic E-state index is 0.0901. The van der Waals surface area contributed by atoms with Crippen molar-refractivity contribution in [3.8, 4) is 0 Å². The van der Waals surface area contributed by atoms with E-state index in [1.54, 1.807) is 11.8 Å². The number of amides is 2. The molecule has 1 spiro atoms. The molecule has 0 saturated carbocycles. The van der Waals surface area contributed by atoms with Crippen LogP contribution in [-0.4, -0.2) is 46.5 Å². The summed E-state index contributed by atoms with van der Waals surface area (Å²) in [5, 5.41) is 12.4. The molecule has 0 aromatic heterocycles. The van der Waals surface area contributed by atoms with E-state index in [1.807, 2.05) is 0 Å². The minimum Gasteiger partial charge on any atom is -0.510 e. The summed E-state index contributed by atoms with van der Waals surface area (Å²) >= 11 is 0. The van der Waals surface area contributed by atoms with Crippen molar-refractivity contribution < 1.29 is 14.7 Å². The van der Waals surface area contributed by atoms with Gasteiger partial charge in [0, 0.05) is 13.1 Å². The third-order valence-corrected chi connectivity index (χ3v) is 4.13. The third kappa shape index (κ3) is 2.20. The maximum atomic E-state index is 12.4. The van der Waals surface area contributed by atoms with E-state index in [-0.39, 0.29) is 17.6 Å². The molecule has 0 aromatic rings. The highest BCUT2D eigenvalue weighted by Gasteiger charge is 2.51. The van der Waals surface area contributed by atoms with Gasteiger partial charge in [-0.05, 0) is 38.7 Å². The fourth-order valence-electron chi connectivity index (χ4n) is 2.99. The van der Waals surface area contributed by atoms with Gasteiger partial charge in [-0.15, -0.1) is 0 Å². The Balaban J connectivity index is 2.25. The highest BCUT2D eigenvalue weighted by Crippen LogP contribution is 2.34. The van der Waals surface area contributed by atoms with E-state index >= 15 is 0 Å². The van der Waals surface area contributed by atoms with Gasteiger partial charge in [0.05, 0.1) is 0 Å². The molecule has 0 aromatic carbocycles. The van der Waals surface area contributed by atoms with E-state index in [4.69, 9.17) is 5.73 Å². The van der Waals surface area contributed by atoms with Crippen molar-refractivity contribution in [1.29, 1.82) is 0 Å². The SMILES string of the molecule is CC=C(O)[C@H](N)C(=O)N1CCCCC12CCNC2=O. The van der Waals surface area contributed by atoms with Gasteiger partial charge in [-0.1, -0.05) is 0 Å². The number of piperidine rings is 1. The van der Waals surface area contributed by atoms with Crippen molar-refractivity contribution in [3.05, 3.63) is 11.8 Å². The van der Waals surface area contributed by atoms with E-state index < -0.39 is 11.6 Å². The van der Waals surface area contributed by atoms with Crippen molar-refractivity contribution in [1.82, 2.24) is 10.2 Å². The summed E-state index contributed by atoms with van der Waals surface area (Å²) in [6, 6.07) is -1.08. The molecule has 2 heterocycles. The summed E-state index contributed by atoms with van der Waals surface area (Å²) in [5.41, 5.74) is 5.01. The lowest BCUT2D eigenvalue weighted by Crippen LogP contribution is -2.62. The molecule has 6 heteroatoms. The normalized spacial score (nSPS) is 29.5. The molecule has 6 nitrogen and oxygen atoms in total. The van der Waals surface area contributed by atoms with Crippen LogP contribution in [0.2, 0.25) is 0 Å². The number of aliphatic hydroxyl groups excluding tert-OH is 1. The highest BCUT2D eigenvalue weighted by atomic mass is 16.3. The first-order valence-electron chi connectivity index (χ1n) is 6.73. The largest absolute Gasteiger partial charge is 0.510 e. The molecule has 4 N–H and O–H groups in total. The second-order valence-electron chi connectivity index (χ2n) is 5.18. The number of aliphatic hydroxyl groups is 1. The average molecular weight is 267 g/mol. The summed E-state index contributed by atoms with van der Waals surface area (Å²) in [6.07, 6.45) is 4.51. The lowest BCUT2D eigenvalue weighted by atomic mass is 9.84. The smallest absolute Gasteiger partial charge is 0.248 e. The second kappa shape index (κ2) is 5.21. The lowest BCUT2D eigenvalue weighted by Gasteiger charge is -2.43. The van der Waals surface area contributed by atoms with E-state index in [0.717, 1.165) is 12.8 Å². The molecular weight excluding hydrogens is 246 g/mol. The van der Waals surface area contributed by atoms with Crippen LogP contribution >= 0.6 is 0 Å². The lowest BCUT2D eigenvalue weighted by molar-refractivity contribution is -0.149. The second-order valence-corrected chi connectivity index (χ2v) is 5.18. The predicted octanol–water partition coefficient (Wildman–Crippen LogP) is 0.0467. The van der Waals surface area contributed by atoms with E-state index in [1.165, 1.54) is 6.08 Å². The maximum absolute atomic E-state index is 12.4. The van der Waals surface area contributed by atoms with Gasteiger partial charge in [0.1, 0.15) is 17.3 Å². The Labute approximate surface area is 112 Å². The summed E-state index contributed by atoms with van der Waals surface area (Å²) in [4.78, 5) is 26.1. The van der Waals surface area contributed by atoms with E-state index in [9.17, 15) is 14.7 Å². The number of nitrogens with two attached hydrogens (primary N) is 1. The van der Waals surface area contributed by atoms with Gasteiger partial charge in [-0.2, -0.15) is 0 Å². The standard InChI is InChI=1S/C13H21N3O3/c1-2-9(17)10(14)11(18)16-8-4-3-5-13(16)6-7-15-12(13)19/h2,10,17H,3-8,14H2,1H3,(H,15,19)/t10-,13?/m0/s1. The van der Waals surface area contributed by atoms with Crippen LogP contribution in [0.25, 0.3) is 0 Å². The molecule has 2 saturated heterocycles. The number of carbonyl (C=O) groups is 2. The molecule has 0 bridgehead atoms. The average Bonchev–Trinajstić information content (AvgIpc) is 2.78. The molecule has 2 rings (SSSR count). The topological polar surface area (TPSA) is 95.7 Å². The number of carbonyl (C=O) groups excluding carboxylic acids is 2. The van der Waals surface area contributed by atoms with Crippen LogP contribution in [0.1, 0.15) is 32.6 Å². The Kier molecular flexibility index (Phi) is 3.80. The Morgan fingerprint density at radius 1 is 1.53 bits per heavy atom. The van der Waals surface area contributed by atoms with Crippen LogP contribution < -0.4 is 11.1 Å². The molecule has 1 unspecified atom stereocenters. The van der Waals surface area contributed by atoms with Gasteiger partial charge < -0.3 is 21.1 Å². The van der Waals surface area contributed by atoms with Crippen LogP contribution in [0, 0.1) is 0 Å². The molecule has 106 valence electrons. The zero-order valence-electron chi connectivity index (χ0n) is 11.2. The summed E-state index contributed by atoms with van der Waals surface area (Å²) in [6.45, 7) is 2.74. The van der Waals surface area contributed by atoms with Crippen LogP contribution in [0.5, 0.6) is 0 Å². The summed E-state index contributed by atoms with van der Waals surface area (Å²) in [7, 11) is 0. The molecule has 2 aliphatic rings. The van der Waals surface area contributed by atoms with Crippen molar-refractivity contribution in [3.63, 3.8) is 0 Å². The fourth-order valence-corrected chi connectivity index (χ4v) is 2.99. The Bertz CT molecular complexity index is 421. The predicted molar refractivity (Wildman–Crippen MR) is 70.3 cm³/mol. The molecule has 2 atom stereocenters. The molecule has 2 aliphatic heterocycles. The quantitative estimate of drug-likeness (QED) is 0.616. The number of allylic oxidation sites excluding steroid dienone is 1. The Morgan fingerprint density at radius 3 is 2.84 bits per heavy atom. The molecule has 0 aliphatic carbocycles. The van der Waals surface area contributed by atoms with Gasteiger partial charge in [0.15, 0.2) is 0 Å². The first kappa shape index (κ1) is 13.9. The molecule has 19 heavy (non-hydrogen) atoms.